The number of hydrogen-bond donors (Lipinski definition) is 0. The van der Waals surface area contributed by atoms with Crippen molar-refractivity contribution >= 4 is 31.4 Å². The summed E-state index contributed by atoms with van der Waals surface area (Å²) in [6.07, 6.45) is 2.79. The fourth-order valence-corrected chi connectivity index (χ4v) is 4.89. The van der Waals surface area contributed by atoms with Gasteiger partial charge in [-0.1, -0.05) is 0 Å². The third kappa shape index (κ3) is 4.11. The van der Waals surface area contributed by atoms with Crippen LogP contribution in [0.3, 0.4) is 0 Å². The van der Waals surface area contributed by atoms with Crippen LogP contribution in [0.25, 0.3) is 0 Å². The fraction of sp³-hybridized carbons (Fsp3) is 0.529. The molecule has 22 heavy (non-hydrogen) atoms. The van der Waals surface area contributed by atoms with Crippen molar-refractivity contribution in [3.63, 3.8) is 0 Å². The maximum absolute atomic E-state index is 12.7. The Bertz CT molecular complexity index is 507. The monoisotopic (exact) mass is 368 g/mol. The molecular weight excluding hydrogens is 343 g/mol. The molecule has 1 atom stereocenters. The molecule has 0 N–H and O–H groups in total. The van der Waals surface area contributed by atoms with Crippen LogP contribution >= 0.6 is 0 Å². The molecule has 0 bridgehead atoms. The number of rotatable bonds is 7. The van der Waals surface area contributed by atoms with Crippen LogP contribution in [0.2, 0.25) is 4.82 Å². The molecule has 1 heterocycles. The predicted octanol–water partition coefficient (Wildman–Crippen LogP) is 2.28. The number of hydrogen-bond acceptors (Lipinski definition) is 2. The summed E-state index contributed by atoms with van der Waals surface area (Å²) in [7, 11) is 0. The second-order valence-electron chi connectivity index (χ2n) is 5.49. The first-order chi connectivity index (χ1) is 10.7. The van der Waals surface area contributed by atoms with Gasteiger partial charge in [-0.15, -0.1) is 0 Å². The van der Waals surface area contributed by atoms with E-state index in [1.165, 1.54) is 9.36 Å². The first-order valence-electron chi connectivity index (χ1n) is 7.99. The zero-order chi connectivity index (χ0) is 15.9. The number of benzene rings is 1. The van der Waals surface area contributed by atoms with Crippen molar-refractivity contribution in [2.45, 2.75) is 37.9 Å². The van der Waals surface area contributed by atoms with Crippen LogP contribution in [0, 0.1) is 0 Å². The van der Waals surface area contributed by atoms with Crippen LogP contribution < -0.4 is 4.46 Å². The number of carbonyl (C=O) groups excluding carboxylic acids is 2. The minimum atomic E-state index is -0.0968. The van der Waals surface area contributed by atoms with Gasteiger partial charge in [0.15, 0.2) is 0 Å². The van der Waals surface area contributed by atoms with Gasteiger partial charge in [0.25, 0.3) is 0 Å². The predicted molar refractivity (Wildman–Crippen MR) is 89.5 cm³/mol. The Morgan fingerprint density at radius 3 is 2.45 bits per heavy atom. The normalized spacial score (nSPS) is 18.9. The summed E-state index contributed by atoms with van der Waals surface area (Å²) in [5.74, 6) is 0.0228. The van der Waals surface area contributed by atoms with Gasteiger partial charge in [-0.05, 0) is 0 Å². The first kappa shape index (κ1) is 17.0. The summed E-state index contributed by atoms with van der Waals surface area (Å²) in [6, 6.07) is 10.1. The average molecular weight is 367 g/mol. The molecule has 1 unspecified atom stereocenters. The molecule has 3 amide bonds. The van der Waals surface area contributed by atoms with Gasteiger partial charge in [-0.3, -0.25) is 0 Å². The summed E-state index contributed by atoms with van der Waals surface area (Å²) in [5, 5.41) is 0. The Balaban J connectivity index is 2.13. The maximum atomic E-state index is 12.7. The molecule has 0 aromatic heterocycles. The molecule has 0 radical (unpaired) electrons. The Morgan fingerprint density at radius 2 is 1.82 bits per heavy atom. The van der Waals surface area contributed by atoms with Gasteiger partial charge < -0.3 is 0 Å². The summed E-state index contributed by atoms with van der Waals surface area (Å²) in [4.78, 5) is 28.4. The topological polar surface area (TPSA) is 40.6 Å². The van der Waals surface area contributed by atoms with E-state index in [9.17, 15) is 9.59 Å². The molecule has 0 spiro atoms. The van der Waals surface area contributed by atoms with E-state index in [1.54, 1.807) is 0 Å². The Kier molecular flexibility index (Phi) is 6.47. The van der Waals surface area contributed by atoms with Gasteiger partial charge in [-0.25, -0.2) is 0 Å². The number of amides is 3. The zero-order valence-corrected chi connectivity index (χ0v) is 15.0. The van der Waals surface area contributed by atoms with E-state index in [4.69, 9.17) is 0 Å². The van der Waals surface area contributed by atoms with Gasteiger partial charge in [0.2, 0.25) is 0 Å². The quantitative estimate of drug-likeness (QED) is 0.694. The number of unbranched alkanes of at least 4 members (excludes halogenated alkanes) is 1. The first-order valence-corrected chi connectivity index (χ1v) is 9.83. The second kappa shape index (κ2) is 8.35. The molecule has 1 aliphatic rings. The molecule has 4 nitrogen and oxygen atoms in total. The van der Waals surface area contributed by atoms with Gasteiger partial charge in [0.05, 0.1) is 0 Å². The summed E-state index contributed by atoms with van der Waals surface area (Å²) >= 11 is 0.0650. The molecule has 0 saturated carbocycles. The summed E-state index contributed by atoms with van der Waals surface area (Å²) < 4.78 is 1.22. The van der Waals surface area contributed by atoms with Crippen molar-refractivity contribution in [3.8, 4) is 0 Å². The number of urea groups is 1. The van der Waals surface area contributed by atoms with E-state index in [-0.39, 0.29) is 31.7 Å². The third-order valence-electron chi connectivity index (χ3n) is 3.68. The van der Waals surface area contributed by atoms with Gasteiger partial charge in [0, 0.05) is 0 Å². The molecule has 2 rings (SSSR count). The fourth-order valence-electron chi connectivity index (χ4n) is 2.53. The number of nitrogens with zero attached hydrogens (tertiary/aromatic N) is 2. The standard InChI is InChI=1S/C17H24N2O2Se/c1-3-5-12-19-16(20)15(13-18(11-4-2)17(19)21)22-14-9-7-6-8-10-14/h6-10,15H,3-5,11-13H2,1-2H3. The van der Waals surface area contributed by atoms with Crippen LogP contribution in [0.1, 0.15) is 33.1 Å². The molecule has 1 aromatic carbocycles. The molecule has 1 fully saturated rings. The SMILES string of the molecule is CCCCN1C(=O)C([Se]c2ccccc2)CN(CCC)C1=O. The molecule has 0 aliphatic carbocycles. The Hall–Kier alpha value is -1.32. The van der Waals surface area contributed by atoms with Crippen molar-refractivity contribution in [3.05, 3.63) is 30.3 Å². The zero-order valence-electron chi connectivity index (χ0n) is 13.3. The van der Waals surface area contributed by atoms with Crippen LogP contribution in [0.5, 0.6) is 0 Å². The molecule has 1 aromatic rings. The van der Waals surface area contributed by atoms with Crippen molar-refractivity contribution < 1.29 is 9.59 Å². The van der Waals surface area contributed by atoms with E-state index in [0.29, 0.717) is 13.1 Å². The van der Waals surface area contributed by atoms with E-state index in [2.05, 4.69) is 26.0 Å². The van der Waals surface area contributed by atoms with Crippen LogP contribution in [0.4, 0.5) is 4.79 Å². The Labute approximate surface area is 139 Å². The molecule has 1 aliphatic heterocycles. The molecule has 5 heteroatoms. The van der Waals surface area contributed by atoms with Crippen LogP contribution in [-0.4, -0.2) is 56.3 Å². The van der Waals surface area contributed by atoms with E-state index < -0.39 is 0 Å². The van der Waals surface area contributed by atoms with E-state index >= 15 is 0 Å². The summed E-state index contributed by atoms with van der Waals surface area (Å²) in [5.41, 5.74) is 0. The molecular formula is C17H24N2O2Se. The van der Waals surface area contributed by atoms with Gasteiger partial charge in [0.1, 0.15) is 0 Å². The Morgan fingerprint density at radius 1 is 1.09 bits per heavy atom. The van der Waals surface area contributed by atoms with Gasteiger partial charge >= 0.3 is 139 Å². The summed E-state index contributed by atoms with van der Waals surface area (Å²) in [6.45, 7) is 6.00. The van der Waals surface area contributed by atoms with E-state index in [0.717, 1.165) is 25.8 Å². The minimum absolute atomic E-state index is 0.0228. The number of imide groups is 1. The van der Waals surface area contributed by atoms with E-state index in [1.807, 2.05) is 23.1 Å². The van der Waals surface area contributed by atoms with Crippen LogP contribution in [0.15, 0.2) is 30.3 Å². The van der Waals surface area contributed by atoms with Crippen molar-refractivity contribution in [1.29, 1.82) is 0 Å². The second-order valence-corrected chi connectivity index (χ2v) is 8.17. The molecule has 120 valence electrons. The third-order valence-corrected chi connectivity index (χ3v) is 6.15. The average Bonchev–Trinajstić information content (AvgIpc) is 2.53. The van der Waals surface area contributed by atoms with Crippen molar-refractivity contribution in [1.82, 2.24) is 9.80 Å². The van der Waals surface area contributed by atoms with Gasteiger partial charge in [-0.2, -0.15) is 0 Å². The van der Waals surface area contributed by atoms with Crippen molar-refractivity contribution in [2.75, 3.05) is 19.6 Å². The number of carbonyl (C=O) groups is 2. The van der Waals surface area contributed by atoms with Crippen molar-refractivity contribution in [2.24, 2.45) is 0 Å². The molecule has 1 saturated heterocycles. The van der Waals surface area contributed by atoms with Crippen LogP contribution in [-0.2, 0) is 4.79 Å².